The van der Waals surface area contributed by atoms with Crippen molar-refractivity contribution in [2.24, 2.45) is 0 Å². The fourth-order valence-corrected chi connectivity index (χ4v) is 6.10. The van der Waals surface area contributed by atoms with E-state index in [-0.39, 0.29) is 11.7 Å². The van der Waals surface area contributed by atoms with Crippen LogP contribution in [0.3, 0.4) is 0 Å². The summed E-state index contributed by atoms with van der Waals surface area (Å²) in [4.78, 5) is 32.7. The average molecular weight is 425 g/mol. The van der Waals surface area contributed by atoms with Crippen LogP contribution in [0, 0.1) is 0 Å². The molecule has 3 aliphatic rings. The van der Waals surface area contributed by atoms with Crippen molar-refractivity contribution < 1.29 is 9.59 Å². The van der Waals surface area contributed by atoms with E-state index in [0.717, 1.165) is 33.7 Å². The van der Waals surface area contributed by atoms with E-state index in [1.54, 1.807) is 0 Å². The molecular weight excluding hydrogens is 396 g/mol. The number of Topliss-reactive ketones (excluding diaryl/α,β-unsaturated/α-hetero) is 1. The van der Waals surface area contributed by atoms with Crippen molar-refractivity contribution in [3.63, 3.8) is 0 Å². The molecule has 2 atom stereocenters. The zero-order chi connectivity index (χ0) is 22.8. The molecule has 32 heavy (non-hydrogen) atoms. The van der Waals surface area contributed by atoms with Crippen molar-refractivity contribution in [1.29, 1.82) is 0 Å². The molecule has 1 spiro atoms. The topological polar surface area (TPSA) is 40.6 Å². The standard InChI is InChI=1S/C28H28N2O2/c1-18(2)14-28-25(31)21-10-6-8-12-23(21)30(28)17-20(5)15-27(28)22-11-7-9-13-24(22)29(26(27)32)16-19(3)4/h6-13,17H,1,3,14-16H2,2,4-5H3. The Morgan fingerprint density at radius 2 is 1.62 bits per heavy atom. The molecule has 0 fully saturated rings. The number of hydrogen-bond acceptors (Lipinski definition) is 3. The van der Waals surface area contributed by atoms with E-state index in [1.807, 2.05) is 67.3 Å². The van der Waals surface area contributed by atoms with Crippen molar-refractivity contribution in [2.45, 2.75) is 44.6 Å². The number of fused-ring (bicyclic) bond motifs is 6. The van der Waals surface area contributed by atoms with E-state index in [4.69, 9.17) is 0 Å². The van der Waals surface area contributed by atoms with E-state index >= 15 is 0 Å². The van der Waals surface area contributed by atoms with Crippen LogP contribution in [-0.4, -0.2) is 23.8 Å². The highest BCUT2D eigenvalue weighted by atomic mass is 16.2. The third kappa shape index (κ3) is 2.38. The highest BCUT2D eigenvalue weighted by molar-refractivity contribution is 6.23. The fraction of sp³-hybridized carbons (Fsp3) is 0.286. The quantitative estimate of drug-likeness (QED) is 0.603. The third-order valence-electron chi connectivity index (χ3n) is 7.05. The normalized spacial score (nSPS) is 25.5. The Balaban J connectivity index is 1.87. The van der Waals surface area contributed by atoms with Crippen LogP contribution in [0.15, 0.2) is 84.6 Å². The van der Waals surface area contributed by atoms with Gasteiger partial charge in [0.1, 0.15) is 11.0 Å². The Labute approximate surface area is 189 Å². The van der Waals surface area contributed by atoms with Gasteiger partial charge >= 0.3 is 0 Å². The predicted octanol–water partition coefficient (Wildman–Crippen LogP) is 5.56. The summed E-state index contributed by atoms with van der Waals surface area (Å²) < 4.78 is 0. The maximum Gasteiger partial charge on any atom is 0.241 e. The minimum Gasteiger partial charge on any atom is -0.332 e. The highest BCUT2D eigenvalue weighted by Crippen LogP contribution is 2.61. The van der Waals surface area contributed by atoms with Gasteiger partial charge in [-0.1, -0.05) is 53.6 Å². The Kier molecular flexibility index (Phi) is 4.35. The number of benzene rings is 2. The van der Waals surface area contributed by atoms with Gasteiger partial charge in [0.05, 0.1) is 5.69 Å². The van der Waals surface area contributed by atoms with Crippen LogP contribution in [0.4, 0.5) is 11.4 Å². The lowest BCUT2D eigenvalue weighted by molar-refractivity contribution is -0.125. The maximum absolute atomic E-state index is 14.5. The van der Waals surface area contributed by atoms with Gasteiger partial charge in [-0.3, -0.25) is 9.59 Å². The molecule has 3 aliphatic heterocycles. The first-order chi connectivity index (χ1) is 15.2. The van der Waals surface area contributed by atoms with Crippen molar-refractivity contribution in [3.8, 4) is 0 Å². The maximum atomic E-state index is 14.5. The summed E-state index contributed by atoms with van der Waals surface area (Å²) in [5, 5.41) is 0. The van der Waals surface area contributed by atoms with Gasteiger partial charge in [-0.05, 0) is 51.0 Å². The van der Waals surface area contributed by atoms with Gasteiger partial charge in [0.25, 0.3) is 0 Å². The first-order valence-corrected chi connectivity index (χ1v) is 11.0. The summed E-state index contributed by atoms with van der Waals surface area (Å²) in [6.45, 7) is 14.6. The van der Waals surface area contributed by atoms with Gasteiger partial charge in [-0.2, -0.15) is 0 Å². The van der Waals surface area contributed by atoms with Crippen LogP contribution in [0.2, 0.25) is 0 Å². The molecule has 0 saturated heterocycles. The Bertz CT molecular complexity index is 1240. The van der Waals surface area contributed by atoms with Crippen LogP contribution in [0.5, 0.6) is 0 Å². The molecule has 0 N–H and O–H groups in total. The predicted molar refractivity (Wildman–Crippen MR) is 129 cm³/mol. The molecule has 2 unspecified atom stereocenters. The second-order valence-electron chi connectivity index (χ2n) is 9.63. The number of ketones is 1. The lowest BCUT2D eigenvalue weighted by Gasteiger charge is -2.52. The van der Waals surface area contributed by atoms with E-state index < -0.39 is 11.0 Å². The summed E-state index contributed by atoms with van der Waals surface area (Å²) in [5.41, 5.74) is 4.07. The molecule has 0 radical (unpaired) electrons. The summed E-state index contributed by atoms with van der Waals surface area (Å²) in [6.07, 6.45) is 2.97. The molecule has 162 valence electrons. The van der Waals surface area contributed by atoms with Crippen molar-refractivity contribution >= 4 is 23.1 Å². The molecule has 0 aromatic heterocycles. The van der Waals surface area contributed by atoms with Gasteiger partial charge in [0.15, 0.2) is 5.78 Å². The molecular formula is C28H28N2O2. The SMILES string of the molecule is C=C(C)CN1C(=O)C2(CC(C)=CN3c4ccccc4C(=O)C32CC(=C)C)c2ccccc21. The largest absolute Gasteiger partial charge is 0.332 e. The number of amides is 1. The van der Waals surface area contributed by atoms with Crippen LogP contribution in [0.1, 0.15) is 49.5 Å². The molecule has 0 saturated carbocycles. The van der Waals surface area contributed by atoms with Gasteiger partial charge in [0, 0.05) is 30.4 Å². The van der Waals surface area contributed by atoms with Crippen LogP contribution >= 0.6 is 0 Å². The van der Waals surface area contributed by atoms with Gasteiger partial charge < -0.3 is 9.80 Å². The average Bonchev–Trinajstić information content (AvgIpc) is 3.12. The van der Waals surface area contributed by atoms with Crippen molar-refractivity contribution in [1.82, 2.24) is 0 Å². The molecule has 1 amide bonds. The third-order valence-corrected chi connectivity index (χ3v) is 7.05. The van der Waals surface area contributed by atoms with E-state index in [9.17, 15) is 9.59 Å². The monoisotopic (exact) mass is 424 g/mol. The van der Waals surface area contributed by atoms with E-state index in [2.05, 4.69) is 31.2 Å². The number of para-hydroxylation sites is 2. The first-order valence-electron chi connectivity index (χ1n) is 11.0. The molecule has 5 rings (SSSR count). The number of anilines is 2. The van der Waals surface area contributed by atoms with Crippen LogP contribution < -0.4 is 9.80 Å². The lowest BCUT2D eigenvalue weighted by atomic mass is 9.57. The molecule has 2 aromatic carbocycles. The second kappa shape index (κ2) is 6.80. The molecule has 4 heteroatoms. The zero-order valence-corrected chi connectivity index (χ0v) is 18.9. The molecule has 2 aromatic rings. The second-order valence-corrected chi connectivity index (χ2v) is 9.63. The Morgan fingerprint density at radius 3 is 2.31 bits per heavy atom. The van der Waals surface area contributed by atoms with E-state index in [1.165, 1.54) is 0 Å². The summed E-state index contributed by atoms with van der Waals surface area (Å²) in [7, 11) is 0. The fourth-order valence-electron chi connectivity index (χ4n) is 6.10. The summed E-state index contributed by atoms with van der Waals surface area (Å²) in [5.74, 6) is -0.0262. The number of nitrogens with zero attached hydrogens (tertiary/aromatic N) is 2. The lowest BCUT2D eigenvalue weighted by Crippen LogP contribution is -2.68. The first kappa shape index (κ1) is 20.5. The van der Waals surface area contributed by atoms with Crippen molar-refractivity contribution in [3.05, 3.63) is 95.7 Å². The van der Waals surface area contributed by atoms with Gasteiger partial charge in [-0.15, -0.1) is 6.58 Å². The number of rotatable bonds is 4. The van der Waals surface area contributed by atoms with Crippen LogP contribution in [0.25, 0.3) is 0 Å². The number of allylic oxidation sites excluding steroid dienone is 1. The minimum atomic E-state index is -1.08. The molecule has 0 bridgehead atoms. The minimum absolute atomic E-state index is 0.000165. The zero-order valence-electron chi connectivity index (χ0n) is 18.9. The highest BCUT2D eigenvalue weighted by Gasteiger charge is 2.71. The van der Waals surface area contributed by atoms with E-state index in [0.29, 0.717) is 24.9 Å². The number of carbonyl (C=O) groups is 2. The number of carbonyl (C=O) groups excluding carboxylic acids is 2. The summed E-state index contributed by atoms with van der Waals surface area (Å²) >= 11 is 0. The van der Waals surface area contributed by atoms with Crippen molar-refractivity contribution in [2.75, 3.05) is 16.3 Å². The van der Waals surface area contributed by atoms with Gasteiger partial charge in [0.2, 0.25) is 5.91 Å². The van der Waals surface area contributed by atoms with Gasteiger partial charge in [-0.25, -0.2) is 0 Å². The smallest absolute Gasteiger partial charge is 0.241 e. The molecule has 4 nitrogen and oxygen atoms in total. The molecule has 0 aliphatic carbocycles. The number of hydrogen-bond donors (Lipinski definition) is 0. The summed E-state index contributed by atoms with van der Waals surface area (Å²) in [6, 6.07) is 15.6. The Morgan fingerprint density at radius 1 is 0.969 bits per heavy atom. The molecule has 3 heterocycles. The van der Waals surface area contributed by atoms with Crippen LogP contribution in [-0.2, 0) is 10.2 Å². The Hall–Kier alpha value is -3.40.